The van der Waals surface area contributed by atoms with Gasteiger partial charge in [-0.05, 0) is 18.9 Å². The molecule has 1 aliphatic rings. The maximum absolute atomic E-state index is 13.5. The lowest BCUT2D eigenvalue weighted by atomic mass is 10.1. The van der Waals surface area contributed by atoms with Crippen molar-refractivity contribution >= 4 is 5.91 Å². The molecule has 0 N–H and O–H groups in total. The highest BCUT2D eigenvalue weighted by Gasteiger charge is 2.25. The molecule has 0 heterocycles. The van der Waals surface area contributed by atoms with Crippen molar-refractivity contribution < 1.29 is 13.6 Å². The fourth-order valence-electron chi connectivity index (χ4n) is 2.47. The summed E-state index contributed by atoms with van der Waals surface area (Å²) in [5, 5.41) is 0. The van der Waals surface area contributed by atoms with E-state index in [1.807, 2.05) is 0 Å². The van der Waals surface area contributed by atoms with E-state index in [-0.39, 0.29) is 18.4 Å². The van der Waals surface area contributed by atoms with E-state index in [1.165, 1.54) is 17.0 Å². The average Bonchev–Trinajstić information content (AvgIpc) is 2.85. The molecular formula is C14H17F2NO. The summed E-state index contributed by atoms with van der Waals surface area (Å²) >= 11 is 0. The van der Waals surface area contributed by atoms with Crippen molar-refractivity contribution in [3.05, 3.63) is 35.4 Å². The summed E-state index contributed by atoms with van der Waals surface area (Å²) in [5.41, 5.74) is 0.352. The molecule has 0 aliphatic heterocycles. The average molecular weight is 253 g/mol. The first-order valence-corrected chi connectivity index (χ1v) is 6.27. The second-order valence-corrected chi connectivity index (χ2v) is 4.91. The second kappa shape index (κ2) is 5.46. The van der Waals surface area contributed by atoms with Crippen LogP contribution in [0.3, 0.4) is 0 Å². The van der Waals surface area contributed by atoms with Crippen LogP contribution in [0.1, 0.15) is 31.2 Å². The summed E-state index contributed by atoms with van der Waals surface area (Å²) in [6.07, 6.45) is 4.04. The molecule has 18 heavy (non-hydrogen) atoms. The summed E-state index contributed by atoms with van der Waals surface area (Å²) in [6, 6.07) is 3.46. The number of nitrogens with zero attached hydrogens (tertiary/aromatic N) is 1. The number of carbonyl (C=O) groups excluding carboxylic acids is 1. The van der Waals surface area contributed by atoms with E-state index in [1.54, 1.807) is 7.05 Å². The van der Waals surface area contributed by atoms with Crippen molar-refractivity contribution in [1.82, 2.24) is 4.90 Å². The molecule has 1 amide bonds. The molecule has 0 atom stereocenters. The molecular weight excluding hydrogens is 236 g/mol. The van der Waals surface area contributed by atoms with Gasteiger partial charge in [-0.1, -0.05) is 18.9 Å². The van der Waals surface area contributed by atoms with Gasteiger partial charge in [0.15, 0.2) is 0 Å². The summed E-state index contributed by atoms with van der Waals surface area (Å²) in [7, 11) is 1.67. The SMILES string of the molecule is CN(Cc1ccc(F)cc1F)C(=O)C1CCCC1. The Morgan fingerprint density at radius 3 is 2.61 bits per heavy atom. The van der Waals surface area contributed by atoms with Gasteiger partial charge in [-0.3, -0.25) is 4.79 Å². The molecule has 1 aromatic rings. The van der Waals surface area contributed by atoms with Gasteiger partial charge in [0.25, 0.3) is 0 Å². The van der Waals surface area contributed by atoms with Crippen molar-refractivity contribution in [3.8, 4) is 0 Å². The third kappa shape index (κ3) is 2.86. The minimum Gasteiger partial charge on any atom is -0.341 e. The summed E-state index contributed by atoms with van der Waals surface area (Å²) < 4.78 is 26.2. The van der Waals surface area contributed by atoms with Crippen LogP contribution in [-0.4, -0.2) is 17.9 Å². The van der Waals surface area contributed by atoms with Gasteiger partial charge >= 0.3 is 0 Å². The van der Waals surface area contributed by atoms with Crippen LogP contribution in [0.15, 0.2) is 18.2 Å². The minimum absolute atomic E-state index is 0.0659. The number of hydrogen-bond donors (Lipinski definition) is 0. The summed E-state index contributed by atoms with van der Waals surface area (Å²) in [4.78, 5) is 13.6. The summed E-state index contributed by atoms with van der Waals surface area (Å²) in [5.74, 6) is -1.04. The van der Waals surface area contributed by atoms with Crippen molar-refractivity contribution in [3.63, 3.8) is 0 Å². The number of hydrogen-bond acceptors (Lipinski definition) is 1. The standard InChI is InChI=1S/C14H17F2NO/c1-17(14(18)10-4-2-3-5-10)9-11-6-7-12(15)8-13(11)16/h6-8,10H,2-5,9H2,1H3. The maximum atomic E-state index is 13.5. The highest BCUT2D eigenvalue weighted by molar-refractivity contribution is 5.78. The van der Waals surface area contributed by atoms with Crippen molar-refractivity contribution in [1.29, 1.82) is 0 Å². The van der Waals surface area contributed by atoms with E-state index >= 15 is 0 Å². The van der Waals surface area contributed by atoms with Crippen LogP contribution in [0.4, 0.5) is 8.78 Å². The van der Waals surface area contributed by atoms with Gasteiger partial charge in [-0.25, -0.2) is 8.78 Å². The van der Waals surface area contributed by atoms with Crippen LogP contribution in [0.5, 0.6) is 0 Å². The van der Waals surface area contributed by atoms with Gasteiger partial charge in [0.05, 0.1) is 0 Å². The zero-order valence-corrected chi connectivity index (χ0v) is 10.5. The first-order chi connectivity index (χ1) is 8.58. The monoisotopic (exact) mass is 253 g/mol. The number of amides is 1. The first-order valence-electron chi connectivity index (χ1n) is 6.27. The zero-order chi connectivity index (χ0) is 13.1. The van der Waals surface area contributed by atoms with Crippen molar-refractivity contribution in [2.75, 3.05) is 7.05 Å². The first kappa shape index (κ1) is 13.0. The molecule has 1 fully saturated rings. The molecule has 1 aliphatic carbocycles. The number of halogens is 2. The van der Waals surface area contributed by atoms with Gasteiger partial charge in [0, 0.05) is 31.1 Å². The lowest BCUT2D eigenvalue weighted by Gasteiger charge is -2.21. The van der Waals surface area contributed by atoms with Gasteiger partial charge in [0.1, 0.15) is 11.6 Å². The van der Waals surface area contributed by atoms with E-state index < -0.39 is 11.6 Å². The van der Waals surface area contributed by atoms with E-state index in [0.717, 1.165) is 31.7 Å². The molecule has 0 spiro atoms. The third-order valence-corrected chi connectivity index (χ3v) is 3.50. The van der Waals surface area contributed by atoms with Crippen LogP contribution >= 0.6 is 0 Å². The Hall–Kier alpha value is -1.45. The maximum Gasteiger partial charge on any atom is 0.225 e. The van der Waals surface area contributed by atoms with Gasteiger partial charge in [-0.2, -0.15) is 0 Å². The molecule has 1 saturated carbocycles. The largest absolute Gasteiger partial charge is 0.341 e. The van der Waals surface area contributed by atoms with Crippen molar-refractivity contribution in [2.45, 2.75) is 32.2 Å². The Bertz CT molecular complexity index is 441. The Morgan fingerprint density at radius 2 is 2.00 bits per heavy atom. The molecule has 0 bridgehead atoms. The fourth-order valence-corrected chi connectivity index (χ4v) is 2.47. The summed E-state index contributed by atoms with van der Waals surface area (Å²) in [6.45, 7) is 0.196. The van der Waals surface area contributed by atoms with E-state index in [0.29, 0.717) is 5.56 Å². The molecule has 4 heteroatoms. The van der Waals surface area contributed by atoms with Crippen LogP contribution in [0.2, 0.25) is 0 Å². The van der Waals surface area contributed by atoms with Gasteiger partial charge < -0.3 is 4.90 Å². The van der Waals surface area contributed by atoms with Crippen LogP contribution in [0, 0.1) is 17.6 Å². The van der Waals surface area contributed by atoms with Crippen LogP contribution in [-0.2, 0) is 11.3 Å². The molecule has 0 radical (unpaired) electrons. The van der Waals surface area contributed by atoms with E-state index in [4.69, 9.17) is 0 Å². The Kier molecular flexibility index (Phi) is 3.94. The quantitative estimate of drug-likeness (QED) is 0.810. The predicted molar refractivity (Wildman–Crippen MR) is 64.8 cm³/mol. The highest BCUT2D eigenvalue weighted by Crippen LogP contribution is 2.26. The number of benzene rings is 1. The van der Waals surface area contributed by atoms with Crippen molar-refractivity contribution in [2.24, 2.45) is 5.92 Å². The molecule has 0 aromatic heterocycles. The fraction of sp³-hybridized carbons (Fsp3) is 0.500. The molecule has 98 valence electrons. The lowest BCUT2D eigenvalue weighted by molar-refractivity contribution is -0.134. The Morgan fingerprint density at radius 1 is 1.33 bits per heavy atom. The third-order valence-electron chi connectivity index (χ3n) is 3.50. The Balaban J connectivity index is 2.01. The van der Waals surface area contributed by atoms with Gasteiger partial charge in [-0.15, -0.1) is 0 Å². The molecule has 2 rings (SSSR count). The smallest absolute Gasteiger partial charge is 0.225 e. The lowest BCUT2D eigenvalue weighted by Crippen LogP contribution is -2.31. The number of carbonyl (C=O) groups is 1. The van der Waals surface area contributed by atoms with Gasteiger partial charge in [0.2, 0.25) is 5.91 Å². The second-order valence-electron chi connectivity index (χ2n) is 4.91. The normalized spacial score (nSPS) is 15.9. The topological polar surface area (TPSA) is 20.3 Å². The van der Waals surface area contributed by atoms with E-state index in [9.17, 15) is 13.6 Å². The molecule has 0 saturated heterocycles. The Labute approximate surface area is 106 Å². The van der Waals surface area contributed by atoms with Crippen LogP contribution in [0.25, 0.3) is 0 Å². The zero-order valence-electron chi connectivity index (χ0n) is 10.5. The number of rotatable bonds is 3. The highest BCUT2D eigenvalue weighted by atomic mass is 19.1. The molecule has 2 nitrogen and oxygen atoms in total. The molecule has 0 unspecified atom stereocenters. The molecule has 1 aromatic carbocycles. The predicted octanol–water partition coefficient (Wildman–Crippen LogP) is 3.11. The van der Waals surface area contributed by atoms with E-state index in [2.05, 4.69) is 0 Å². The van der Waals surface area contributed by atoms with Crippen LogP contribution < -0.4 is 0 Å². The minimum atomic E-state index is -0.596.